The van der Waals surface area contributed by atoms with Crippen LogP contribution in [0.1, 0.15) is 78.6 Å². The Labute approximate surface area is 185 Å². The molecule has 2 N–H and O–H groups in total. The normalized spacial score (nSPS) is 60.3. The van der Waals surface area contributed by atoms with E-state index in [4.69, 9.17) is 14.2 Å². The SMILES string of the molecule is C[C@]1(CO)CCC[C@@]2(C)C1CC[C@@]1(C)[C@@H]3C[C@@H](O)[C@@]45CC(=O)O[C@@H]4O[C@H](O5)[C@H]3CC[C@@H]12. The van der Waals surface area contributed by atoms with Gasteiger partial charge in [0.1, 0.15) is 0 Å². The highest BCUT2D eigenvalue weighted by atomic mass is 16.8. The minimum atomic E-state index is -1.02. The molecule has 6 heteroatoms. The third-order valence-corrected chi connectivity index (χ3v) is 11.2. The van der Waals surface area contributed by atoms with Crippen LogP contribution >= 0.6 is 0 Å². The highest BCUT2D eigenvalue weighted by Crippen LogP contribution is 2.71. The number of fused-ring (bicyclic) bond motifs is 7. The summed E-state index contributed by atoms with van der Waals surface area (Å²) in [5.74, 6) is 1.33. The molecule has 1 spiro atoms. The van der Waals surface area contributed by atoms with E-state index in [1.807, 2.05) is 0 Å². The lowest BCUT2D eigenvalue weighted by Crippen LogP contribution is -2.61. The Balaban J connectivity index is 1.36. The summed E-state index contributed by atoms with van der Waals surface area (Å²) >= 11 is 0. The fourth-order valence-electron chi connectivity index (χ4n) is 9.76. The third kappa shape index (κ3) is 2.51. The molecule has 3 saturated carbocycles. The molecule has 0 aromatic rings. The fourth-order valence-corrected chi connectivity index (χ4v) is 9.76. The van der Waals surface area contributed by atoms with Gasteiger partial charge < -0.3 is 24.4 Å². The van der Waals surface area contributed by atoms with Crippen molar-refractivity contribution in [3.63, 3.8) is 0 Å². The van der Waals surface area contributed by atoms with Crippen molar-refractivity contribution < 1.29 is 29.2 Å². The predicted octanol–water partition coefficient (Wildman–Crippen LogP) is 3.38. The molecule has 31 heavy (non-hydrogen) atoms. The van der Waals surface area contributed by atoms with Gasteiger partial charge in [-0.05, 0) is 78.9 Å². The monoisotopic (exact) mass is 434 g/mol. The van der Waals surface area contributed by atoms with Gasteiger partial charge in [-0.1, -0.05) is 27.2 Å². The van der Waals surface area contributed by atoms with Crippen molar-refractivity contribution in [2.24, 2.45) is 39.9 Å². The summed E-state index contributed by atoms with van der Waals surface area (Å²) in [4.78, 5) is 12.0. The van der Waals surface area contributed by atoms with Crippen molar-refractivity contribution in [1.29, 1.82) is 0 Å². The third-order valence-electron chi connectivity index (χ3n) is 11.2. The lowest BCUT2D eigenvalue weighted by atomic mass is 9.38. The molecule has 174 valence electrons. The summed E-state index contributed by atoms with van der Waals surface area (Å²) < 4.78 is 17.9. The minimum Gasteiger partial charge on any atom is -0.432 e. The fraction of sp³-hybridized carbons (Fsp3) is 0.960. The van der Waals surface area contributed by atoms with Crippen LogP contribution in [0.25, 0.3) is 0 Å². The molecule has 3 saturated heterocycles. The standard InChI is InChI=1S/C25H38O6/c1-22(13-26)8-4-9-24(3)16(22)7-10-23(2)15-11-18(27)25-12-19(28)29-21(25)30-20(31-25)14(15)5-6-17(23)24/h14-18,20-21,26-27H,4-13H2,1-3H3/t14-,15+,16?,17-,18+,20+,21+,22+,23-,24-,25-/m0/s1. The number of carbonyl (C=O) groups is 1. The van der Waals surface area contributed by atoms with E-state index < -0.39 is 24.3 Å². The van der Waals surface area contributed by atoms with Gasteiger partial charge in [-0.2, -0.15) is 0 Å². The number of ether oxygens (including phenoxy) is 3. The second kappa shape index (κ2) is 6.46. The van der Waals surface area contributed by atoms with E-state index in [-0.39, 0.29) is 41.2 Å². The molecule has 2 bridgehead atoms. The lowest BCUT2D eigenvalue weighted by molar-refractivity contribution is -0.225. The largest absolute Gasteiger partial charge is 0.432 e. The first-order valence-corrected chi connectivity index (χ1v) is 12.5. The van der Waals surface area contributed by atoms with Gasteiger partial charge in [-0.25, -0.2) is 0 Å². The van der Waals surface area contributed by atoms with Crippen LogP contribution in [0, 0.1) is 39.9 Å². The summed E-state index contributed by atoms with van der Waals surface area (Å²) in [6.07, 6.45) is 6.82. The van der Waals surface area contributed by atoms with Crippen molar-refractivity contribution in [2.75, 3.05) is 6.61 Å². The molecule has 6 nitrogen and oxygen atoms in total. The van der Waals surface area contributed by atoms with Crippen LogP contribution in [0.4, 0.5) is 0 Å². The van der Waals surface area contributed by atoms with Gasteiger partial charge >= 0.3 is 5.97 Å². The predicted molar refractivity (Wildman–Crippen MR) is 111 cm³/mol. The number of hydrogen-bond acceptors (Lipinski definition) is 6. The van der Waals surface area contributed by atoms with E-state index >= 15 is 0 Å². The van der Waals surface area contributed by atoms with Crippen molar-refractivity contribution in [2.45, 2.75) is 103 Å². The highest BCUT2D eigenvalue weighted by Gasteiger charge is 2.70. The molecule has 6 fully saturated rings. The molecule has 3 heterocycles. The Morgan fingerprint density at radius 3 is 2.61 bits per heavy atom. The highest BCUT2D eigenvalue weighted by molar-refractivity contribution is 5.74. The average molecular weight is 435 g/mol. The molecule has 11 atom stereocenters. The summed E-state index contributed by atoms with van der Waals surface area (Å²) in [5.41, 5.74) is -0.672. The number of hydrogen-bond donors (Lipinski definition) is 2. The molecular weight excluding hydrogens is 396 g/mol. The number of carbonyl (C=O) groups excluding carboxylic acids is 1. The molecule has 3 aliphatic carbocycles. The quantitative estimate of drug-likeness (QED) is 0.616. The topological polar surface area (TPSA) is 85.2 Å². The van der Waals surface area contributed by atoms with E-state index in [1.165, 1.54) is 12.8 Å². The first-order chi connectivity index (χ1) is 14.7. The lowest BCUT2D eigenvalue weighted by Gasteiger charge is -2.67. The van der Waals surface area contributed by atoms with Gasteiger partial charge in [-0.15, -0.1) is 0 Å². The number of aliphatic hydroxyl groups is 2. The van der Waals surface area contributed by atoms with Crippen molar-refractivity contribution in [3.8, 4) is 0 Å². The molecule has 0 aromatic carbocycles. The first kappa shape index (κ1) is 20.9. The Morgan fingerprint density at radius 1 is 1.03 bits per heavy atom. The Morgan fingerprint density at radius 2 is 1.84 bits per heavy atom. The second-order valence-electron chi connectivity index (χ2n) is 12.5. The van der Waals surface area contributed by atoms with Crippen molar-refractivity contribution in [3.05, 3.63) is 0 Å². The molecule has 0 amide bonds. The number of aliphatic hydroxyl groups excluding tert-OH is 2. The van der Waals surface area contributed by atoms with Crippen LogP contribution in [-0.4, -0.2) is 47.1 Å². The number of rotatable bonds is 1. The van der Waals surface area contributed by atoms with E-state index in [9.17, 15) is 15.0 Å². The molecule has 3 aliphatic heterocycles. The van der Waals surface area contributed by atoms with Crippen LogP contribution < -0.4 is 0 Å². The van der Waals surface area contributed by atoms with Crippen LogP contribution in [0.2, 0.25) is 0 Å². The van der Waals surface area contributed by atoms with Crippen LogP contribution in [-0.2, 0) is 19.0 Å². The van der Waals surface area contributed by atoms with Crippen molar-refractivity contribution >= 4 is 5.97 Å². The first-order valence-electron chi connectivity index (χ1n) is 12.5. The molecule has 0 radical (unpaired) electrons. The van der Waals surface area contributed by atoms with Gasteiger partial charge in [0.25, 0.3) is 0 Å². The van der Waals surface area contributed by atoms with Gasteiger partial charge in [0.2, 0.25) is 6.29 Å². The summed E-state index contributed by atoms with van der Waals surface area (Å²) in [6.45, 7) is 7.54. The molecule has 6 aliphatic rings. The smallest absolute Gasteiger partial charge is 0.311 e. The van der Waals surface area contributed by atoms with Crippen LogP contribution in [0.15, 0.2) is 0 Å². The molecule has 6 rings (SSSR count). The molecule has 0 aromatic heterocycles. The maximum Gasteiger partial charge on any atom is 0.311 e. The van der Waals surface area contributed by atoms with E-state index in [0.717, 1.165) is 32.1 Å². The average Bonchev–Trinajstić information content (AvgIpc) is 3.17. The van der Waals surface area contributed by atoms with Crippen molar-refractivity contribution in [1.82, 2.24) is 0 Å². The Kier molecular flexibility index (Phi) is 4.35. The minimum absolute atomic E-state index is 0.0210. The zero-order valence-corrected chi connectivity index (χ0v) is 19.1. The molecule has 1 unspecified atom stereocenters. The van der Waals surface area contributed by atoms with Gasteiger partial charge in [0.05, 0.1) is 12.5 Å². The summed E-state index contributed by atoms with van der Waals surface area (Å²) in [7, 11) is 0. The summed E-state index contributed by atoms with van der Waals surface area (Å²) in [5, 5.41) is 21.6. The van der Waals surface area contributed by atoms with Gasteiger partial charge in [0.15, 0.2) is 11.9 Å². The zero-order valence-electron chi connectivity index (χ0n) is 19.1. The second-order valence-corrected chi connectivity index (χ2v) is 12.5. The maximum atomic E-state index is 12.0. The van der Waals surface area contributed by atoms with E-state index in [2.05, 4.69) is 20.8 Å². The van der Waals surface area contributed by atoms with Crippen LogP contribution in [0.3, 0.4) is 0 Å². The van der Waals surface area contributed by atoms with Gasteiger partial charge in [0, 0.05) is 12.5 Å². The molecular formula is C25H38O6. The van der Waals surface area contributed by atoms with Crippen LogP contribution in [0.5, 0.6) is 0 Å². The Hall–Kier alpha value is -0.690. The van der Waals surface area contributed by atoms with Gasteiger partial charge in [-0.3, -0.25) is 4.79 Å². The van der Waals surface area contributed by atoms with E-state index in [0.29, 0.717) is 24.2 Å². The Bertz CT molecular complexity index is 786. The van der Waals surface area contributed by atoms with E-state index in [1.54, 1.807) is 0 Å². The maximum absolute atomic E-state index is 12.0. The zero-order chi connectivity index (χ0) is 21.8. The number of esters is 1. The summed E-state index contributed by atoms with van der Waals surface area (Å²) in [6, 6.07) is 0.